The van der Waals surface area contributed by atoms with E-state index in [4.69, 9.17) is 4.52 Å². The molecule has 3 heterocycles. The Kier molecular flexibility index (Phi) is 5.29. The number of rotatable bonds is 5. The molecule has 0 radical (unpaired) electrons. The van der Waals surface area contributed by atoms with E-state index in [1.54, 1.807) is 23.4 Å². The number of hydrogen-bond acceptors (Lipinski definition) is 6. The van der Waals surface area contributed by atoms with Gasteiger partial charge in [0.25, 0.3) is 5.91 Å². The number of carbonyl (C=O) groups is 2. The van der Waals surface area contributed by atoms with E-state index in [0.717, 1.165) is 24.2 Å². The molecule has 0 bridgehead atoms. The summed E-state index contributed by atoms with van der Waals surface area (Å²) in [4.78, 5) is 34.5. The fourth-order valence-electron chi connectivity index (χ4n) is 3.00. The molecule has 2 aromatic heterocycles. The molecule has 0 spiro atoms. The molecule has 1 unspecified atom stereocenters. The molecule has 1 fully saturated rings. The van der Waals surface area contributed by atoms with E-state index in [0.29, 0.717) is 18.8 Å². The average molecular weight is 357 g/mol. The van der Waals surface area contributed by atoms with Crippen molar-refractivity contribution >= 4 is 11.8 Å². The number of hydrogen-bond donors (Lipinski definition) is 1. The third kappa shape index (κ3) is 3.89. The van der Waals surface area contributed by atoms with Crippen molar-refractivity contribution in [2.24, 2.45) is 0 Å². The SMILES string of the molecule is CC(=O)NCc1cncc(C2CCCN2C(=O)c2cc(C(C)C)no2)n1. The zero-order valence-electron chi connectivity index (χ0n) is 15.2. The largest absolute Gasteiger partial charge is 0.351 e. The van der Waals surface area contributed by atoms with Crippen molar-refractivity contribution in [3.05, 3.63) is 41.3 Å². The molecule has 138 valence electrons. The Morgan fingerprint density at radius 2 is 2.19 bits per heavy atom. The third-order valence-corrected chi connectivity index (χ3v) is 4.41. The minimum absolute atomic E-state index is 0.124. The topological polar surface area (TPSA) is 101 Å². The van der Waals surface area contributed by atoms with Crippen molar-refractivity contribution in [1.29, 1.82) is 0 Å². The first-order valence-electron chi connectivity index (χ1n) is 8.78. The number of nitrogens with zero attached hydrogens (tertiary/aromatic N) is 4. The third-order valence-electron chi connectivity index (χ3n) is 4.41. The highest BCUT2D eigenvalue weighted by Crippen LogP contribution is 2.32. The molecule has 0 aromatic carbocycles. The highest BCUT2D eigenvalue weighted by atomic mass is 16.5. The van der Waals surface area contributed by atoms with E-state index in [1.165, 1.54) is 6.92 Å². The van der Waals surface area contributed by atoms with Crippen LogP contribution >= 0.6 is 0 Å². The van der Waals surface area contributed by atoms with Crippen molar-refractivity contribution in [2.75, 3.05) is 6.54 Å². The van der Waals surface area contributed by atoms with E-state index in [-0.39, 0.29) is 29.5 Å². The van der Waals surface area contributed by atoms with Crippen LogP contribution in [0, 0.1) is 0 Å². The lowest BCUT2D eigenvalue weighted by molar-refractivity contribution is -0.119. The lowest BCUT2D eigenvalue weighted by atomic mass is 10.1. The summed E-state index contributed by atoms with van der Waals surface area (Å²) in [6, 6.07) is 1.56. The van der Waals surface area contributed by atoms with Crippen molar-refractivity contribution < 1.29 is 14.1 Å². The quantitative estimate of drug-likeness (QED) is 0.880. The van der Waals surface area contributed by atoms with Crippen LogP contribution in [0.2, 0.25) is 0 Å². The average Bonchev–Trinajstić information content (AvgIpc) is 3.29. The van der Waals surface area contributed by atoms with Crippen LogP contribution in [-0.2, 0) is 11.3 Å². The molecular formula is C18H23N5O3. The summed E-state index contributed by atoms with van der Waals surface area (Å²) in [5.74, 6) is 0.149. The second-order valence-electron chi connectivity index (χ2n) is 6.77. The van der Waals surface area contributed by atoms with Gasteiger partial charge in [-0.3, -0.25) is 19.6 Å². The number of nitrogens with one attached hydrogen (secondary N) is 1. The maximum absolute atomic E-state index is 12.9. The van der Waals surface area contributed by atoms with E-state index in [2.05, 4.69) is 20.4 Å². The second kappa shape index (κ2) is 7.63. The first-order valence-corrected chi connectivity index (χ1v) is 8.78. The molecule has 2 amide bonds. The predicted octanol–water partition coefficient (Wildman–Crippen LogP) is 2.20. The Labute approximate surface area is 152 Å². The molecular weight excluding hydrogens is 334 g/mol. The van der Waals surface area contributed by atoms with E-state index in [9.17, 15) is 9.59 Å². The lowest BCUT2D eigenvalue weighted by Gasteiger charge is -2.23. The molecule has 1 aliphatic heterocycles. The molecule has 1 saturated heterocycles. The molecule has 1 aliphatic rings. The van der Waals surface area contributed by atoms with Gasteiger partial charge < -0.3 is 14.7 Å². The minimum atomic E-state index is -0.180. The zero-order valence-corrected chi connectivity index (χ0v) is 15.2. The molecule has 8 heteroatoms. The van der Waals surface area contributed by atoms with Crippen molar-refractivity contribution in [3.63, 3.8) is 0 Å². The van der Waals surface area contributed by atoms with Gasteiger partial charge in [0.15, 0.2) is 0 Å². The van der Waals surface area contributed by atoms with Crippen molar-refractivity contribution in [2.45, 2.75) is 52.1 Å². The van der Waals surface area contributed by atoms with Gasteiger partial charge in [0.05, 0.1) is 42.1 Å². The lowest BCUT2D eigenvalue weighted by Crippen LogP contribution is -2.31. The summed E-state index contributed by atoms with van der Waals surface area (Å²) >= 11 is 0. The van der Waals surface area contributed by atoms with Crippen LogP contribution in [0.3, 0.4) is 0 Å². The minimum Gasteiger partial charge on any atom is -0.351 e. The normalized spacial score (nSPS) is 16.9. The van der Waals surface area contributed by atoms with Gasteiger partial charge in [0.1, 0.15) is 0 Å². The van der Waals surface area contributed by atoms with Crippen molar-refractivity contribution in [1.82, 2.24) is 25.3 Å². The summed E-state index contributed by atoms with van der Waals surface area (Å²) in [7, 11) is 0. The first kappa shape index (κ1) is 18.0. The van der Waals surface area contributed by atoms with Crippen LogP contribution in [-0.4, -0.2) is 38.4 Å². The first-order chi connectivity index (χ1) is 12.5. The Hall–Kier alpha value is -2.77. The highest BCUT2D eigenvalue weighted by molar-refractivity contribution is 5.92. The van der Waals surface area contributed by atoms with Gasteiger partial charge >= 0.3 is 0 Å². The summed E-state index contributed by atoms with van der Waals surface area (Å²) in [6.07, 6.45) is 4.99. The van der Waals surface area contributed by atoms with Crippen LogP contribution in [0.15, 0.2) is 23.0 Å². The van der Waals surface area contributed by atoms with Crippen LogP contribution in [0.5, 0.6) is 0 Å². The van der Waals surface area contributed by atoms with Crippen molar-refractivity contribution in [3.8, 4) is 0 Å². The molecule has 1 atom stereocenters. The summed E-state index contributed by atoms with van der Waals surface area (Å²) in [6.45, 7) is 6.41. The van der Waals surface area contributed by atoms with E-state index >= 15 is 0 Å². The van der Waals surface area contributed by atoms with Crippen LogP contribution < -0.4 is 5.32 Å². The maximum Gasteiger partial charge on any atom is 0.293 e. The fraction of sp³-hybridized carbons (Fsp3) is 0.500. The molecule has 8 nitrogen and oxygen atoms in total. The Morgan fingerprint density at radius 1 is 1.38 bits per heavy atom. The zero-order chi connectivity index (χ0) is 18.7. The molecule has 0 saturated carbocycles. The second-order valence-corrected chi connectivity index (χ2v) is 6.77. The summed E-state index contributed by atoms with van der Waals surface area (Å²) in [5.41, 5.74) is 2.15. The maximum atomic E-state index is 12.9. The van der Waals surface area contributed by atoms with Gasteiger partial charge in [0, 0.05) is 19.5 Å². The molecule has 3 rings (SSSR count). The Bertz CT molecular complexity index is 802. The number of amides is 2. The molecule has 1 N–H and O–H groups in total. The fourth-order valence-corrected chi connectivity index (χ4v) is 3.00. The van der Waals surface area contributed by atoms with Gasteiger partial charge in [-0.1, -0.05) is 19.0 Å². The molecule has 0 aliphatic carbocycles. The van der Waals surface area contributed by atoms with E-state index in [1.807, 2.05) is 13.8 Å². The van der Waals surface area contributed by atoms with Gasteiger partial charge in [-0.2, -0.15) is 0 Å². The Morgan fingerprint density at radius 3 is 2.88 bits per heavy atom. The monoisotopic (exact) mass is 357 g/mol. The molecule has 2 aromatic rings. The van der Waals surface area contributed by atoms with Crippen LogP contribution in [0.25, 0.3) is 0 Å². The van der Waals surface area contributed by atoms with Gasteiger partial charge in [-0.05, 0) is 18.8 Å². The smallest absolute Gasteiger partial charge is 0.293 e. The number of aromatic nitrogens is 3. The van der Waals surface area contributed by atoms with Crippen LogP contribution in [0.1, 0.15) is 73.2 Å². The van der Waals surface area contributed by atoms with Gasteiger partial charge in [0.2, 0.25) is 11.7 Å². The number of likely N-dealkylation sites (tertiary alicyclic amines) is 1. The number of carbonyl (C=O) groups excluding carboxylic acids is 2. The Balaban J connectivity index is 1.78. The summed E-state index contributed by atoms with van der Waals surface area (Å²) < 4.78 is 5.25. The standard InChI is InChI=1S/C18H23N5O3/c1-11(2)14-7-17(26-22-14)18(25)23-6-4-5-16(23)15-10-19-8-13(21-15)9-20-12(3)24/h7-8,10-11,16H,4-6,9H2,1-3H3,(H,20,24). The highest BCUT2D eigenvalue weighted by Gasteiger charge is 2.33. The predicted molar refractivity (Wildman–Crippen MR) is 93.2 cm³/mol. The van der Waals surface area contributed by atoms with E-state index < -0.39 is 0 Å². The van der Waals surface area contributed by atoms with Crippen LogP contribution in [0.4, 0.5) is 0 Å². The van der Waals surface area contributed by atoms with Gasteiger partial charge in [-0.25, -0.2) is 0 Å². The summed E-state index contributed by atoms with van der Waals surface area (Å²) in [5, 5.41) is 6.68. The van der Waals surface area contributed by atoms with Gasteiger partial charge in [-0.15, -0.1) is 0 Å². The molecule has 26 heavy (non-hydrogen) atoms.